The molecule has 2 unspecified atom stereocenters. The van der Waals surface area contributed by atoms with Crippen LogP contribution in [-0.4, -0.2) is 44.1 Å². The van der Waals surface area contributed by atoms with Crippen molar-refractivity contribution in [1.29, 1.82) is 0 Å². The first-order valence-corrected chi connectivity index (χ1v) is 8.56. The maximum Gasteiger partial charge on any atom is 0.175 e. The average Bonchev–Trinajstić information content (AvgIpc) is 2.41. The van der Waals surface area contributed by atoms with E-state index in [2.05, 4.69) is 5.32 Å². The minimum atomic E-state index is -3.20. The van der Waals surface area contributed by atoms with E-state index >= 15 is 0 Å². The van der Waals surface area contributed by atoms with Gasteiger partial charge < -0.3 is 15.5 Å². The van der Waals surface area contributed by atoms with Crippen LogP contribution < -0.4 is 5.32 Å². The number of hydrogen-bond acceptors (Lipinski definition) is 5. The van der Waals surface area contributed by atoms with Crippen molar-refractivity contribution in [3.63, 3.8) is 0 Å². The molecular formula is C14H23NO4S. The van der Waals surface area contributed by atoms with Gasteiger partial charge >= 0.3 is 0 Å². The number of nitrogens with one attached hydrogen (secondary N) is 1. The van der Waals surface area contributed by atoms with E-state index in [9.17, 15) is 13.5 Å². The standard InChI is InChI=1S/C14H23NO4S/c1-11(4-3-9-16)15-10-14(17)12-5-7-13(8-6-12)20(2,18)19/h5-8,11,14-17H,3-4,9-10H2,1-2H3. The van der Waals surface area contributed by atoms with Gasteiger partial charge in [-0.1, -0.05) is 12.1 Å². The number of aliphatic hydroxyl groups is 2. The van der Waals surface area contributed by atoms with Crippen molar-refractivity contribution in [1.82, 2.24) is 5.32 Å². The van der Waals surface area contributed by atoms with Gasteiger partial charge in [-0.15, -0.1) is 0 Å². The molecule has 1 rings (SSSR count). The molecule has 5 nitrogen and oxygen atoms in total. The second-order valence-electron chi connectivity index (χ2n) is 5.03. The summed E-state index contributed by atoms with van der Waals surface area (Å²) in [5.74, 6) is 0. The predicted octanol–water partition coefficient (Wildman–Crippen LogP) is 0.874. The van der Waals surface area contributed by atoms with Gasteiger partial charge in [0.15, 0.2) is 9.84 Å². The third-order valence-corrected chi connectivity index (χ3v) is 4.28. The molecule has 0 spiro atoms. The van der Waals surface area contributed by atoms with Crippen LogP contribution in [0, 0.1) is 0 Å². The summed E-state index contributed by atoms with van der Waals surface area (Å²) in [5, 5.41) is 21.9. The van der Waals surface area contributed by atoms with Crippen LogP contribution in [0.3, 0.4) is 0 Å². The lowest BCUT2D eigenvalue weighted by atomic mass is 10.1. The highest BCUT2D eigenvalue weighted by Gasteiger charge is 2.11. The van der Waals surface area contributed by atoms with Crippen LogP contribution >= 0.6 is 0 Å². The second kappa shape index (κ2) is 7.73. The minimum absolute atomic E-state index is 0.168. The van der Waals surface area contributed by atoms with Crippen molar-refractivity contribution < 1.29 is 18.6 Å². The van der Waals surface area contributed by atoms with Crippen LogP contribution in [0.4, 0.5) is 0 Å². The smallest absolute Gasteiger partial charge is 0.175 e. The molecule has 1 aromatic rings. The minimum Gasteiger partial charge on any atom is -0.396 e. The lowest BCUT2D eigenvalue weighted by Crippen LogP contribution is -2.30. The zero-order valence-corrected chi connectivity index (χ0v) is 12.7. The Morgan fingerprint density at radius 1 is 1.25 bits per heavy atom. The Labute approximate surface area is 120 Å². The SMILES string of the molecule is CC(CCCO)NCC(O)c1ccc(S(C)(=O)=O)cc1. The Kier molecular flexibility index (Phi) is 6.61. The highest BCUT2D eigenvalue weighted by Crippen LogP contribution is 2.16. The molecule has 6 heteroatoms. The summed E-state index contributed by atoms with van der Waals surface area (Å²) in [7, 11) is -3.20. The van der Waals surface area contributed by atoms with E-state index in [1.54, 1.807) is 12.1 Å². The Hall–Kier alpha value is -0.950. The van der Waals surface area contributed by atoms with Crippen LogP contribution in [0.5, 0.6) is 0 Å². The summed E-state index contributed by atoms with van der Waals surface area (Å²) < 4.78 is 22.7. The van der Waals surface area contributed by atoms with E-state index in [-0.39, 0.29) is 17.5 Å². The Morgan fingerprint density at radius 2 is 1.85 bits per heavy atom. The first-order valence-electron chi connectivity index (χ1n) is 6.67. The molecule has 0 aliphatic carbocycles. The van der Waals surface area contributed by atoms with Crippen molar-refractivity contribution in [3.8, 4) is 0 Å². The first kappa shape index (κ1) is 17.1. The van der Waals surface area contributed by atoms with Crippen molar-refractivity contribution in [2.75, 3.05) is 19.4 Å². The Bertz CT molecular complexity index is 498. The zero-order chi connectivity index (χ0) is 15.2. The predicted molar refractivity (Wildman–Crippen MR) is 78.3 cm³/mol. The van der Waals surface area contributed by atoms with Crippen LogP contribution in [0.25, 0.3) is 0 Å². The molecule has 0 radical (unpaired) electrons. The van der Waals surface area contributed by atoms with Crippen LogP contribution in [0.1, 0.15) is 31.4 Å². The fraction of sp³-hybridized carbons (Fsp3) is 0.571. The first-order chi connectivity index (χ1) is 9.34. The summed E-state index contributed by atoms with van der Waals surface area (Å²) in [5.41, 5.74) is 0.680. The summed E-state index contributed by atoms with van der Waals surface area (Å²) in [4.78, 5) is 0.248. The van der Waals surface area contributed by atoms with Crippen LogP contribution in [-0.2, 0) is 9.84 Å². The fourth-order valence-electron chi connectivity index (χ4n) is 1.87. The molecule has 0 fully saturated rings. The van der Waals surface area contributed by atoms with E-state index in [1.165, 1.54) is 12.1 Å². The fourth-order valence-corrected chi connectivity index (χ4v) is 2.50. The average molecular weight is 301 g/mol. The molecular weight excluding hydrogens is 278 g/mol. The number of hydrogen-bond donors (Lipinski definition) is 3. The zero-order valence-electron chi connectivity index (χ0n) is 11.9. The molecule has 0 heterocycles. The van der Waals surface area contributed by atoms with Gasteiger partial charge in [0.2, 0.25) is 0 Å². The quantitative estimate of drug-likeness (QED) is 0.663. The topological polar surface area (TPSA) is 86.6 Å². The van der Waals surface area contributed by atoms with Gasteiger partial charge in [-0.05, 0) is 37.5 Å². The van der Waals surface area contributed by atoms with Crippen LogP contribution in [0.15, 0.2) is 29.2 Å². The Balaban J connectivity index is 2.54. The van der Waals surface area contributed by atoms with Gasteiger partial charge in [0, 0.05) is 25.4 Å². The molecule has 0 aromatic heterocycles. The third kappa shape index (κ3) is 5.58. The number of rotatable bonds is 8. The van der Waals surface area contributed by atoms with Crippen molar-refractivity contribution in [2.24, 2.45) is 0 Å². The van der Waals surface area contributed by atoms with Crippen molar-refractivity contribution in [3.05, 3.63) is 29.8 Å². The van der Waals surface area contributed by atoms with E-state index in [0.29, 0.717) is 12.1 Å². The second-order valence-corrected chi connectivity index (χ2v) is 7.05. The van der Waals surface area contributed by atoms with Gasteiger partial charge in [0.1, 0.15) is 0 Å². The van der Waals surface area contributed by atoms with Gasteiger partial charge in [-0.25, -0.2) is 8.42 Å². The van der Waals surface area contributed by atoms with Gasteiger partial charge in [-0.2, -0.15) is 0 Å². The molecule has 0 amide bonds. The van der Waals surface area contributed by atoms with E-state index in [1.807, 2.05) is 6.92 Å². The van der Waals surface area contributed by atoms with Gasteiger partial charge in [0.05, 0.1) is 11.0 Å². The molecule has 0 aliphatic rings. The van der Waals surface area contributed by atoms with Crippen molar-refractivity contribution >= 4 is 9.84 Å². The summed E-state index contributed by atoms with van der Waals surface area (Å²) in [6.07, 6.45) is 2.05. The molecule has 0 saturated carbocycles. The number of sulfone groups is 1. The Morgan fingerprint density at radius 3 is 2.35 bits per heavy atom. The molecule has 2 atom stereocenters. The summed E-state index contributed by atoms with van der Waals surface area (Å²) in [6.45, 7) is 2.56. The summed E-state index contributed by atoms with van der Waals surface area (Å²) >= 11 is 0. The number of aliphatic hydroxyl groups excluding tert-OH is 2. The molecule has 20 heavy (non-hydrogen) atoms. The third-order valence-electron chi connectivity index (χ3n) is 3.15. The monoisotopic (exact) mass is 301 g/mol. The summed E-state index contributed by atoms with van der Waals surface area (Å²) in [6, 6.07) is 6.47. The lowest BCUT2D eigenvalue weighted by molar-refractivity contribution is 0.169. The maximum atomic E-state index is 11.3. The number of benzene rings is 1. The molecule has 114 valence electrons. The van der Waals surface area contributed by atoms with Crippen LogP contribution in [0.2, 0.25) is 0 Å². The largest absolute Gasteiger partial charge is 0.396 e. The lowest BCUT2D eigenvalue weighted by Gasteiger charge is -2.17. The van der Waals surface area contributed by atoms with E-state index in [4.69, 9.17) is 5.11 Å². The maximum absolute atomic E-state index is 11.3. The molecule has 0 saturated heterocycles. The molecule has 1 aromatic carbocycles. The van der Waals surface area contributed by atoms with E-state index < -0.39 is 15.9 Å². The van der Waals surface area contributed by atoms with Gasteiger partial charge in [-0.3, -0.25) is 0 Å². The highest BCUT2D eigenvalue weighted by molar-refractivity contribution is 7.90. The van der Waals surface area contributed by atoms with Crippen molar-refractivity contribution in [2.45, 2.75) is 36.8 Å². The van der Waals surface area contributed by atoms with E-state index in [0.717, 1.165) is 19.1 Å². The molecule has 0 aliphatic heterocycles. The normalized spacial score (nSPS) is 15.0. The van der Waals surface area contributed by atoms with Gasteiger partial charge in [0.25, 0.3) is 0 Å². The highest BCUT2D eigenvalue weighted by atomic mass is 32.2. The molecule has 0 bridgehead atoms. The molecule has 3 N–H and O–H groups in total.